The molecule has 4 heteroatoms. The first-order valence-corrected chi connectivity index (χ1v) is 33.9. The molecule has 0 aromatic carbocycles. The quantitative estimate of drug-likeness (QED) is 0.0421. The van der Waals surface area contributed by atoms with Crippen molar-refractivity contribution in [1.29, 1.82) is 0 Å². The summed E-state index contributed by atoms with van der Waals surface area (Å²) in [6.07, 6.45) is 81.9. The molecule has 0 saturated heterocycles. The van der Waals surface area contributed by atoms with Crippen LogP contribution in [0.3, 0.4) is 0 Å². The van der Waals surface area contributed by atoms with Gasteiger partial charge in [0.25, 0.3) is 0 Å². The molecule has 2 nitrogen and oxygen atoms in total. The first-order chi connectivity index (χ1) is 34.2. The number of hydrogen-bond acceptors (Lipinski definition) is 0. The van der Waals surface area contributed by atoms with Gasteiger partial charge in [-0.2, -0.15) is 0 Å². The Hall–Kier alpha value is 0.690. The van der Waals surface area contributed by atoms with Crippen molar-refractivity contribution in [3.63, 3.8) is 0 Å². The van der Waals surface area contributed by atoms with Crippen LogP contribution in [0.25, 0.3) is 0 Å². The molecule has 0 amide bonds. The monoisotopic (exact) mass is 1100 g/mol. The maximum atomic E-state index is 2.46. The molecule has 0 aromatic heterocycles. The lowest BCUT2D eigenvalue weighted by Crippen LogP contribution is -3.00. The van der Waals surface area contributed by atoms with Gasteiger partial charge in [-0.1, -0.05) is 336 Å². The molecule has 0 rings (SSSR count). The Morgan fingerprint density at radius 1 is 0.153 bits per heavy atom. The lowest BCUT2D eigenvalue weighted by molar-refractivity contribution is -0.890. The van der Waals surface area contributed by atoms with Gasteiger partial charge in [-0.25, -0.2) is 0 Å². The summed E-state index contributed by atoms with van der Waals surface area (Å²) in [6.45, 7) is 14.8. The number of quaternary nitrogens is 2. The van der Waals surface area contributed by atoms with Crippen molar-refractivity contribution in [3.05, 3.63) is 0 Å². The first-order valence-electron chi connectivity index (χ1n) is 33.9. The van der Waals surface area contributed by atoms with Crippen molar-refractivity contribution in [3.8, 4) is 0 Å². The highest BCUT2D eigenvalue weighted by atomic mass is 79.9. The average Bonchev–Trinajstić information content (AvgIpc) is 3.34. The van der Waals surface area contributed by atoms with Crippen LogP contribution in [-0.2, 0) is 0 Å². The summed E-state index contributed by atoms with van der Waals surface area (Å²) in [7, 11) is 9.85. The SMILES string of the molecule is CCCCCCCCCCCCCCCC[N+](C)(C)CCCCCCCCCCCCCCCC.CCCCCCCCCCCCCCCC[N+](C)(C)CCCCCCCCCCCCCCCC.[Br-].[Cl-]. The van der Waals surface area contributed by atoms with E-state index in [2.05, 4.69) is 55.9 Å². The standard InChI is InChI=1S/2C34H72N.BrH.ClH/c2*1-5-7-9-11-13-15-17-19-21-23-25-27-29-31-33-35(3,4)34-32-30-28-26-24-22-20-18-16-14-12-10-8-6-2;;/h2*5-34H2,1-4H3;2*1H/q2*+1;;/p-2. The Morgan fingerprint density at radius 3 is 0.333 bits per heavy atom. The van der Waals surface area contributed by atoms with Crippen LogP contribution in [-0.4, -0.2) is 63.3 Å². The highest BCUT2D eigenvalue weighted by Gasteiger charge is 2.15. The molecule has 0 aliphatic heterocycles. The van der Waals surface area contributed by atoms with Crippen molar-refractivity contribution in [2.24, 2.45) is 0 Å². The van der Waals surface area contributed by atoms with Crippen molar-refractivity contribution in [2.75, 3.05) is 54.4 Å². The second-order valence-electron chi connectivity index (χ2n) is 25.2. The van der Waals surface area contributed by atoms with E-state index >= 15 is 0 Å². The number of nitrogens with zero attached hydrogens (tertiary/aromatic N) is 2. The van der Waals surface area contributed by atoms with Crippen molar-refractivity contribution in [1.82, 2.24) is 0 Å². The lowest BCUT2D eigenvalue weighted by Gasteiger charge is -2.30. The highest BCUT2D eigenvalue weighted by Crippen LogP contribution is 2.19. The Morgan fingerprint density at radius 2 is 0.236 bits per heavy atom. The van der Waals surface area contributed by atoms with Gasteiger partial charge in [0.15, 0.2) is 0 Å². The zero-order chi connectivity index (χ0) is 51.4. The number of unbranched alkanes of at least 4 members (excludes halogenated alkanes) is 52. The molecule has 440 valence electrons. The number of halogens is 2. The van der Waals surface area contributed by atoms with E-state index in [0.29, 0.717) is 0 Å². The molecule has 0 fully saturated rings. The van der Waals surface area contributed by atoms with Gasteiger partial charge < -0.3 is 38.4 Å². The van der Waals surface area contributed by atoms with Crippen LogP contribution < -0.4 is 29.4 Å². The van der Waals surface area contributed by atoms with Crippen LogP contribution in [0.15, 0.2) is 0 Å². The van der Waals surface area contributed by atoms with Gasteiger partial charge in [-0.05, 0) is 51.4 Å². The molecule has 72 heavy (non-hydrogen) atoms. The smallest absolute Gasteiger partial charge is 0.0782 e. The maximum Gasteiger partial charge on any atom is 0.0782 e. The summed E-state index contributed by atoms with van der Waals surface area (Å²) in [4.78, 5) is 0. The summed E-state index contributed by atoms with van der Waals surface area (Å²) in [6, 6.07) is 0. The fourth-order valence-corrected chi connectivity index (χ4v) is 11.2. The summed E-state index contributed by atoms with van der Waals surface area (Å²) >= 11 is 0. The molecule has 0 N–H and O–H groups in total. The molecule has 0 aromatic rings. The Kier molecular flexibility index (Phi) is 74.6. The zero-order valence-corrected chi connectivity index (χ0v) is 54.4. The van der Waals surface area contributed by atoms with Crippen LogP contribution >= 0.6 is 0 Å². The van der Waals surface area contributed by atoms with E-state index in [1.54, 1.807) is 0 Å². The minimum atomic E-state index is 0. The molecular weight excluding hydrogens is 960 g/mol. The molecule has 0 atom stereocenters. The molecule has 0 radical (unpaired) electrons. The van der Waals surface area contributed by atoms with E-state index < -0.39 is 0 Å². The molecule has 0 heterocycles. The van der Waals surface area contributed by atoms with Crippen molar-refractivity contribution in [2.45, 2.75) is 387 Å². The summed E-state index contributed by atoms with van der Waals surface area (Å²) < 4.78 is 2.49. The molecule has 0 bridgehead atoms. The average molecular weight is 1110 g/mol. The minimum absolute atomic E-state index is 0. The first kappa shape index (κ1) is 79.2. The van der Waals surface area contributed by atoms with Crippen LogP contribution in [0, 0.1) is 0 Å². The summed E-state index contributed by atoms with van der Waals surface area (Å²) in [5, 5.41) is 0. The van der Waals surface area contributed by atoms with E-state index in [1.807, 2.05) is 0 Å². The van der Waals surface area contributed by atoms with Gasteiger partial charge in [0, 0.05) is 0 Å². The van der Waals surface area contributed by atoms with Crippen molar-refractivity contribution < 1.29 is 38.4 Å². The normalized spacial score (nSPS) is 11.7. The zero-order valence-electron chi connectivity index (χ0n) is 52.1. The second kappa shape index (κ2) is 67.8. The molecular formula is C68H144BrClN2. The number of hydrogen-bond donors (Lipinski definition) is 0. The number of rotatable bonds is 60. The lowest BCUT2D eigenvalue weighted by atomic mass is 10.0. The van der Waals surface area contributed by atoms with Gasteiger partial charge in [0.2, 0.25) is 0 Å². The highest BCUT2D eigenvalue weighted by molar-refractivity contribution is 4.54. The van der Waals surface area contributed by atoms with E-state index in [9.17, 15) is 0 Å². The topological polar surface area (TPSA) is 0 Å². The maximum absolute atomic E-state index is 2.46. The summed E-state index contributed by atoms with van der Waals surface area (Å²) in [5.41, 5.74) is 0. The minimum Gasteiger partial charge on any atom is -1.00 e. The molecule has 0 spiro atoms. The van der Waals surface area contributed by atoms with Gasteiger partial charge in [-0.15, -0.1) is 0 Å². The Labute approximate surface area is 477 Å². The molecule has 0 unspecified atom stereocenters. The second-order valence-corrected chi connectivity index (χ2v) is 25.2. The van der Waals surface area contributed by atoms with Gasteiger partial charge in [0.1, 0.15) is 0 Å². The molecule has 0 saturated carbocycles. The van der Waals surface area contributed by atoms with E-state index in [1.165, 1.54) is 395 Å². The molecule has 0 aliphatic carbocycles. The Balaban J connectivity index is -0.000000625. The van der Waals surface area contributed by atoms with Gasteiger partial charge in [0.05, 0.1) is 54.4 Å². The fraction of sp³-hybridized carbons (Fsp3) is 1.00. The molecule has 0 aliphatic rings. The third-order valence-corrected chi connectivity index (χ3v) is 16.5. The van der Waals surface area contributed by atoms with Crippen molar-refractivity contribution >= 4 is 0 Å². The fourth-order valence-electron chi connectivity index (χ4n) is 11.2. The van der Waals surface area contributed by atoms with Gasteiger partial charge in [-0.3, -0.25) is 0 Å². The largest absolute Gasteiger partial charge is 1.00 e. The third-order valence-electron chi connectivity index (χ3n) is 16.5. The predicted molar refractivity (Wildman–Crippen MR) is 325 cm³/mol. The van der Waals surface area contributed by atoms with E-state index in [-0.39, 0.29) is 29.4 Å². The third kappa shape index (κ3) is 72.8. The van der Waals surface area contributed by atoms with Crippen LogP contribution in [0.5, 0.6) is 0 Å². The van der Waals surface area contributed by atoms with Gasteiger partial charge >= 0.3 is 0 Å². The van der Waals surface area contributed by atoms with Crippen LogP contribution in [0.4, 0.5) is 0 Å². The predicted octanol–water partition coefficient (Wildman–Crippen LogP) is 18.1. The Bertz CT molecular complexity index is 769. The summed E-state index contributed by atoms with van der Waals surface area (Å²) in [5.74, 6) is 0. The van der Waals surface area contributed by atoms with Crippen LogP contribution in [0.1, 0.15) is 387 Å². The van der Waals surface area contributed by atoms with Crippen LogP contribution in [0.2, 0.25) is 0 Å². The van der Waals surface area contributed by atoms with E-state index in [4.69, 9.17) is 0 Å². The van der Waals surface area contributed by atoms with E-state index in [0.717, 1.165) is 0 Å².